The van der Waals surface area contributed by atoms with Crippen LogP contribution in [0.3, 0.4) is 0 Å². The molecule has 2 rings (SSSR count). The van der Waals surface area contributed by atoms with Gasteiger partial charge in [-0.05, 0) is 42.0 Å². The van der Waals surface area contributed by atoms with Crippen LogP contribution >= 0.6 is 0 Å². The number of rotatable bonds is 7. The Morgan fingerprint density at radius 1 is 1.08 bits per heavy atom. The van der Waals surface area contributed by atoms with Crippen LogP contribution in [-0.2, 0) is 6.18 Å². The third-order valence-electron chi connectivity index (χ3n) is 4.00. The van der Waals surface area contributed by atoms with Gasteiger partial charge in [0.15, 0.2) is 0 Å². The van der Waals surface area contributed by atoms with Gasteiger partial charge in [0, 0.05) is 11.8 Å². The third-order valence-corrected chi connectivity index (χ3v) is 4.00. The molecule has 0 aliphatic carbocycles. The van der Waals surface area contributed by atoms with Crippen molar-refractivity contribution in [3.63, 3.8) is 0 Å². The van der Waals surface area contributed by atoms with Gasteiger partial charge in [-0.2, -0.15) is 13.2 Å². The lowest BCUT2D eigenvalue weighted by Crippen LogP contribution is -2.14. The molecule has 0 unspecified atom stereocenters. The molecule has 0 aliphatic rings. The largest absolute Gasteiger partial charge is 0.494 e. The highest BCUT2D eigenvalue weighted by atomic mass is 19.4. The van der Waals surface area contributed by atoms with Crippen LogP contribution in [0.5, 0.6) is 11.5 Å². The maximum atomic E-state index is 13.5. The number of alkyl halides is 3. The minimum atomic E-state index is -4.51. The summed E-state index contributed by atoms with van der Waals surface area (Å²) in [5, 5.41) is 0. The van der Waals surface area contributed by atoms with Crippen LogP contribution in [-0.4, -0.2) is 18.7 Å². The van der Waals surface area contributed by atoms with Gasteiger partial charge in [0.2, 0.25) is 0 Å². The summed E-state index contributed by atoms with van der Waals surface area (Å²) < 4.78 is 51.3. The lowest BCUT2D eigenvalue weighted by Gasteiger charge is -2.19. The van der Waals surface area contributed by atoms with Gasteiger partial charge in [0.05, 0.1) is 25.5 Å². The molecule has 0 amide bonds. The molecular formula is C20H24F3NO2. The number of pyridine rings is 1. The van der Waals surface area contributed by atoms with Crippen LogP contribution < -0.4 is 9.47 Å². The normalized spacial score (nSPS) is 12.9. The summed E-state index contributed by atoms with van der Waals surface area (Å²) in [4.78, 5) is 3.93. The van der Waals surface area contributed by atoms with Crippen molar-refractivity contribution in [2.75, 3.05) is 13.7 Å². The minimum Gasteiger partial charge on any atom is -0.494 e. The SMILES string of the molecule is COc1cnccc1-c1ccc(OC[C@@H](C)CC(C)C)c(C(F)(F)F)c1. The van der Waals surface area contributed by atoms with Crippen molar-refractivity contribution in [2.45, 2.75) is 33.4 Å². The van der Waals surface area contributed by atoms with Crippen molar-refractivity contribution in [1.29, 1.82) is 0 Å². The van der Waals surface area contributed by atoms with Crippen molar-refractivity contribution in [3.05, 3.63) is 42.2 Å². The molecule has 2 aromatic rings. The Labute approximate surface area is 152 Å². The van der Waals surface area contributed by atoms with Crippen LogP contribution in [0.15, 0.2) is 36.7 Å². The van der Waals surface area contributed by atoms with E-state index in [0.717, 1.165) is 12.5 Å². The van der Waals surface area contributed by atoms with Crippen molar-refractivity contribution in [2.24, 2.45) is 11.8 Å². The third kappa shape index (κ3) is 5.13. The average molecular weight is 367 g/mol. The number of aromatic nitrogens is 1. The standard InChI is InChI=1S/C20H24F3NO2/c1-13(2)9-14(3)12-26-18-6-5-15(10-17(18)20(21,22)23)16-7-8-24-11-19(16)25-4/h5-8,10-11,13-14H,9,12H2,1-4H3/t14-/m0/s1. The van der Waals surface area contributed by atoms with Gasteiger partial charge in [0.1, 0.15) is 11.5 Å². The first-order valence-electron chi connectivity index (χ1n) is 8.54. The quantitative estimate of drug-likeness (QED) is 0.616. The monoisotopic (exact) mass is 367 g/mol. The molecule has 0 aliphatic heterocycles. The van der Waals surface area contributed by atoms with E-state index in [2.05, 4.69) is 18.8 Å². The van der Waals surface area contributed by atoms with E-state index in [0.29, 0.717) is 22.8 Å². The topological polar surface area (TPSA) is 31.4 Å². The molecule has 1 heterocycles. The van der Waals surface area contributed by atoms with E-state index >= 15 is 0 Å². The van der Waals surface area contributed by atoms with E-state index in [1.807, 2.05) is 6.92 Å². The van der Waals surface area contributed by atoms with E-state index in [1.54, 1.807) is 12.1 Å². The first-order chi connectivity index (χ1) is 12.2. The second-order valence-electron chi connectivity index (χ2n) is 6.83. The van der Waals surface area contributed by atoms with Crippen LogP contribution in [0.1, 0.15) is 32.8 Å². The van der Waals surface area contributed by atoms with E-state index in [9.17, 15) is 13.2 Å². The zero-order valence-electron chi connectivity index (χ0n) is 15.4. The van der Waals surface area contributed by atoms with Gasteiger partial charge in [0.25, 0.3) is 0 Å². The Morgan fingerprint density at radius 3 is 2.42 bits per heavy atom. The predicted molar refractivity (Wildman–Crippen MR) is 95.3 cm³/mol. The van der Waals surface area contributed by atoms with E-state index in [-0.39, 0.29) is 18.3 Å². The van der Waals surface area contributed by atoms with Crippen LogP contribution in [0.4, 0.5) is 13.2 Å². The van der Waals surface area contributed by atoms with Gasteiger partial charge in [-0.15, -0.1) is 0 Å². The summed E-state index contributed by atoms with van der Waals surface area (Å²) in [5.74, 6) is 0.915. The molecule has 0 N–H and O–H groups in total. The molecule has 6 heteroatoms. The van der Waals surface area contributed by atoms with Crippen LogP contribution in [0.2, 0.25) is 0 Å². The summed E-state index contributed by atoms with van der Waals surface area (Å²) in [5.41, 5.74) is 0.164. The van der Waals surface area contributed by atoms with Crippen molar-refractivity contribution >= 4 is 0 Å². The van der Waals surface area contributed by atoms with Gasteiger partial charge < -0.3 is 9.47 Å². The fourth-order valence-electron chi connectivity index (χ4n) is 2.93. The first kappa shape index (κ1) is 20.1. The van der Waals surface area contributed by atoms with E-state index < -0.39 is 11.7 Å². The number of nitrogens with zero attached hydrogens (tertiary/aromatic N) is 1. The summed E-state index contributed by atoms with van der Waals surface area (Å²) >= 11 is 0. The molecule has 1 aromatic heterocycles. The molecule has 3 nitrogen and oxygen atoms in total. The number of methoxy groups -OCH3 is 1. The van der Waals surface area contributed by atoms with E-state index in [1.165, 1.54) is 25.6 Å². The molecule has 142 valence electrons. The molecule has 0 radical (unpaired) electrons. The number of halogens is 3. The van der Waals surface area contributed by atoms with Gasteiger partial charge in [-0.25, -0.2) is 0 Å². The Kier molecular flexibility index (Phi) is 6.51. The smallest absolute Gasteiger partial charge is 0.419 e. The van der Waals surface area contributed by atoms with E-state index in [4.69, 9.17) is 9.47 Å². The first-order valence-corrected chi connectivity index (χ1v) is 8.54. The highest BCUT2D eigenvalue weighted by Gasteiger charge is 2.35. The van der Waals surface area contributed by atoms with Crippen LogP contribution in [0.25, 0.3) is 11.1 Å². The zero-order chi connectivity index (χ0) is 19.3. The second kappa shape index (κ2) is 8.43. The lowest BCUT2D eigenvalue weighted by molar-refractivity contribution is -0.139. The molecule has 0 saturated heterocycles. The number of hydrogen-bond acceptors (Lipinski definition) is 3. The fraction of sp³-hybridized carbons (Fsp3) is 0.450. The highest BCUT2D eigenvalue weighted by molar-refractivity contribution is 5.71. The molecule has 0 fully saturated rings. The minimum absolute atomic E-state index is 0.148. The summed E-state index contributed by atoms with van der Waals surface area (Å²) in [6.45, 7) is 6.38. The van der Waals surface area contributed by atoms with Crippen molar-refractivity contribution < 1.29 is 22.6 Å². The average Bonchev–Trinajstić information content (AvgIpc) is 2.58. The fourth-order valence-corrected chi connectivity index (χ4v) is 2.93. The summed E-state index contributed by atoms with van der Waals surface area (Å²) in [6.07, 6.45) is -0.621. The van der Waals surface area contributed by atoms with Gasteiger partial charge in [-0.1, -0.05) is 26.8 Å². The second-order valence-corrected chi connectivity index (χ2v) is 6.83. The molecule has 1 aromatic carbocycles. The molecule has 1 atom stereocenters. The predicted octanol–water partition coefficient (Wildman–Crippen LogP) is 5.84. The maximum Gasteiger partial charge on any atom is 0.419 e. The molecule has 0 bridgehead atoms. The Bertz CT molecular complexity index is 729. The van der Waals surface area contributed by atoms with Crippen molar-refractivity contribution in [1.82, 2.24) is 4.98 Å². The van der Waals surface area contributed by atoms with Crippen LogP contribution in [0, 0.1) is 11.8 Å². The molecule has 26 heavy (non-hydrogen) atoms. The summed E-state index contributed by atoms with van der Waals surface area (Å²) in [6, 6.07) is 5.70. The van der Waals surface area contributed by atoms with Gasteiger partial charge in [-0.3, -0.25) is 4.98 Å². The zero-order valence-corrected chi connectivity index (χ0v) is 15.4. The number of benzene rings is 1. The maximum absolute atomic E-state index is 13.5. The molecule has 0 spiro atoms. The Morgan fingerprint density at radius 2 is 1.81 bits per heavy atom. The Balaban J connectivity index is 2.33. The number of hydrogen-bond donors (Lipinski definition) is 0. The summed E-state index contributed by atoms with van der Waals surface area (Å²) in [7, 11) is 1.46. The number of ether oxygens (including phenoxy) is 2. The Hall–Kier alpha value is -2.24. The molecule has 0 saturated carbocycles. The molecular weight excluding hydrogens is 343 g/mol. The lowest BCUT2D eigenvalue weighted by atomic mass is 9.99. The van der Waals surface area contributed by atoms with Crippen molar-refractivity contribution in [3.8, 4) is 22.6 Å². The van der Waals surface area contributed by atoms with Gasteiger partial charge >= 0.3 is 6.18 Å². The highest BCUT2D eigenvalue weighted by Crippen LogP contribution is 2.40.